The van der Waals surface area contributed by atoms with E-state index in [0.717, 1.165) is 12.0 Å². The van der Waals surface area contributed by atoms with Crippen LogP contribution in [-0.2, 0) is 0 Å². The van der Waals surface area contributed by atoms with Crippen molar-refractivity contribution < 1.29 is 4.79 Å². The van der Waals surface area contributed by atoms with Gasteiger partial charge >= 0.3 is 0 Å². The quantitative estimate of drug-likeness (QED) is 0.628. The molecule has 104 valence electrons. The van der Waals surface area contributed by atoms with Gasteiger partial charge in [0.2, 0.25) is 0 Å². The van der Waals surface area contributed by atoms with E-state index in [2.05, 4.69) is 41.4 Å². The van der Waals surface area contributed by atoms with Gasteiger partial charge in [0.05, 0.1) is 0 Å². The average Bonchev–Trinajstić information content (AvgIpc) is 3.17. The maximum Gasteiger partial charge on any atom is 0.168 e. The molecule has 1 saturated carbocycles. The van der Waals surface area contributed by atoms with Gasteiger partial charge in [-0.1, -0.05) is 42.5 Å². The summed E-state index contributed by atoms with van der Waals surface area (Å²) in [5, 5.41) is 0. The topological polar surface area (TPSA) is 30.0 Å². The zero-order chi connectivity index (χ0) is 14.2. The van der Waals surface area contributed by atoms with Gasteiger partial charge in [-0.2, -0.15) is 0 Å². The highest BCUT2D eigenvalue weighted by Gasteiger charge is 2.48. The molecule has 0 aliphatic heterocycles. The Balaban J connectivity index is 1.73. The first kappa shape index (κ1) is 12.5. The lowest BCUT2D eigenvalue weighted by molar-refractivity contribution is 0.0886. The van der Waals surface area contributed by atoms with Crippen LogP contribution in [0.25, 0.3) is 0 Å². The van der Waals surface area contributed by atoms with Crippen molar-refractivity contribution in [1.29, 1.82) is 0 Å². The maximum absolute atomic E-state index is 12.9. The Morgan fingerprint density at radius 3 is 2.57 bits per heavy atom. The summed E-state index contributed by atoms with van der Waals surface area (Å²) in [6.45, 7) is 0. The van der Waals surface area contributed by atoms with Crippen molar-refractivity contribution in [2.45, 2.75) is 12.3 Å². The zero-order valence-electron chi connectivity index (χ0n) is 11.7. The Bertz CT molecular complexity index is 677. The van der Waals surface area contributed by atoms with Gasteiger partial charge in [0, 0.05) is 29.8 Å². The Hall–Kier alpha value is -2.22. The average molecular weight is 275 g/mol. The largest absolute Gasteiger partial charge is 0.294 e. The normalized spacial score (nSPS) is 29.7. The van der Waals surface area contributed by atoms with E-state index in [1.807, 2.05) is 18.2 Å². The predicted molar refractivity (Wildman–Crippen MR) is 82.0 cm³/mol. The fourth-order valence-corrected chi connectivity index (χ4v) is 4.01. The first-order chi connectivity index (χ1) is 10.3. The standard InChI is InChI=1S/C19H17NO/c21-19(16-7-4-10-20-12-16)18-15-9-8-14(11-15)17(18)13-5-2-1-3-6-13/h1-10,12,14-15,17-18H,11H2. The number of aromatic nitrogens is 1. The number of carbonyl (C=O) groups is 1. The molecule has 4 atom stereocenters. The van der Waals surface area contributed by atoms with Crippen molar-refractivity contribution in [2.24, 2.45) is 17.8 Å². The lowest BCUT2D eigenvalue weighted by Crippen LogP contribution is -2.26. The SMILES string of the molecule is O=C(c1cccnc1)C1C2C=CC(C2)C1c1ccccc1. The Labute approximate surface area is 124 Å². The van der Waals surface area contributed by atoms with Crippen LogP contribution < -0.4 is 0 Å². The van der Waals surface area contributed by atoms with Gasteiger partial charge in [0.15, 0.2) is 5.78 Å². The molecule has 0 radical (unpaired) electrons. The molecule has 1 heterocycles. The molecule has 2 bridgehead atoms. The molecule has 1 aromatic heterocycles. The van der Waals surface area contributed by atoms with Gasteiger partial charge in [-0.15, -0.1) is 0 Å². The van der Waals surface area contributed by atoms with Crippen LogP contribution in [0.4, 0.5) is 0 Å². The van der Waals surface area contributed by atoms with E-state index in [9.17, 15) is 4.79 Å². The van der Waals surface area contributed by atoms with Crippen LogP contribution in [0, 0.1) is 17.8 Å². The number of hydrogen-bond acceptors (Lipinski definition) is 2. The lowest BCUT2D eigenvalue weighted by atomic mass is 9.75. The number of fused-ring (bicyclic) bond motifs is 2. The van der Waals surface area contributed by atoms with Crippen molar-refractivity contribution in [3.8, 4) is 0 Å². The Morgan fingerprint density at radius 1 is 1.00 bits per heavy atom. The monoisotopic (exact) mass is 275 g/mol. The Morgan fingerprint density at radius 2 is 1.81 bits per heavy atom. The van der Waals surface area contributed by atoms with Gasteiger partial charge < -0.3 is 0 Å². The fourth-order valence-electron chi connectivity index (χ4n) is 4.01. The first-order valence-electron chi connectivity index (χ1n) is 7.52. The number of pyridine rings is 1. The molecule has 2 heteroatoms. The highest BCUT2D eigenvalue weighted by molar-refractivity contribution is 5.99. The van der Waals surface area contributed by atoms with Crippen LogP contribution in [0.5, 0.6) is 0 Å². The molecule has 4 rings (SSSR count). The summed E-state index contributed by atoms with van der Waals surface area (Å²) < 4.78 is 0. The molecule has 0 amide bonds. The molecular formula is C19H17NO. The third-order valence-electron chi connectivity index (χ3n) is 4.89. The van der Waals surface area contributed by atoms with Crippen molar-refractivity contribution in [3.63, 3.8) is 0 Å². The van der Waals surface area contributed by atoms with Gasteiger partial charge in [-0.05, 0) is 36.0 Å². The summed E-state index contributed by atoms with van der Waals surface area (Å²) in [5.74, 6) is 1.50. The molecule has 2 aromatic rings. The third-order valence-corrected chi connectivity index (χ3v) is 4.89. The molecule has 0 saturated heterocycles. The molecule has 21 heavy (non-hydrogen) atoms. The minimum atomic E-state index is 0.0617. The number of nitrogens with zero attached hydrogens (tertiary/aromatic N) is 1. The number of carbonyl (C=O) groups excluding carboxylic acids is 1. The second-order valence-corrected chi connectivity index (χ2v) is 6.02. The second-order valence-electron chi connectivity index (χ2n) is 6.02. The van der Waals surface area contributed by atoms with E-state index < -0.39 is 0 Å². The molecule has 1 fully saturated rings. The number of Topliss-reactive ketones (excluding diaryl/α,β-unsaturated/α-hetero) is 1. The summed E-state index contributed by atoms with van der Waals surface area (Å²) in [6, 6.07) is 14.2. The van der Waals surface area contributed by atoms with E-state index in [1.165, 1.54) is 5.56 Å². The summed E-state index contributed by atoms with van der Waals surface area (Å²) in [4.78, 5) is 17.0. The maximum atomic E-state index is 12.9. The van der Waals surface area contributed by atoms with Gasteiger partial charge in [0.1, 0.15) is 0 Å². The van der Waals surface area contributed by atoms with Crippen molar-refractivity contribution >= 4 is 5.78 Å². The van der Waals surface area contributed by atoms with Crippen molar-refractivity contribution in [2.75, 3.05) is 0 Å². The molecule has 1 aromatic carbocycles. The smallest absolute Gasteiger partial charge is 0.168 e. The number of ketones is 1. The van der Waals surface area contributed by atoms with E-state index in [0.29, 0.717) is 17.8 Å². The van der Waals surface area contributed by atoms with Crippen LogP contribution in [-0.4, -0.2) is 10.8 Å². The number of benzene rings is 1. The summed E-state index contributed by atoms with van der Waals surface area (Å²) in [7, 11) is 0. The van der Waals surface area contributed by atoms with Crippen LogP contribution >= 0.6 is 0 Å². The number of hydrogen-bond donors (Lipinski definition) is 0. The summed E-state index contributed by atoms with van der Waals surface area (Å²) >= 11 is 0. The highest BCUT2D eigenvalue weighted by Crippen LogP contribution is 2.53. The lowest BCUT2D eigenvalue weighted by Gasteiger charge is -2.27. The van der Waals surface area contributed by atoms with E-state index in [-0.39, 0.29) is 11.7 Å². The van der Waals surface area contributed by atoms with E-state index >= 15 is 0 Å². The van der Waals surface area contributed by atoms with E-state index in [4.69, 9.17) is 0 Å². The fraction of sp³-hybridized carbons (Fsp3) is 0.263. The van der Waals surface area contributed by atoms with Crippen LogP contribution in [0.1, 0.15) is 28.3 Å². The molecule has 2 nitrogen and oxygen atoms in total. The van der Waals surface area contributed by atoms with Gasteiger partial charge in [-0.25, -0.2) is 0 Å². The molecule has 2 aliphatic rings. The van der Waals surface area contributed by atoms with Gasteiger partial charge in [-0.3, -0.25) is 9.78 Å². The van der Waals surface area contributed by atoms with Crippen LogP contribution in [0.15, 0.2) is 67.0 Å². The minimum absolute atomic E-state index is 0.0617. The summed E-state index contributed by atoms with van der Waals surface area (Å²) in [5.41, 5.74) is 2.03. The van der Waals surface area contributed by atoms with Crippen LogP contribution in [0.2, 0.25) is 0 Å². The van der Waals surface area contributed by atoms with Crippen LogP contribution in [0.3, 0.4) is 0 Å². The number of rotatable bonds is 3. The number of allylic oxidation sites excluding steroid dienone is 2. The van der Waals surface area contributed by atoms with Crippen molar-refractivity contribution in [3.05, 3.63) is 78.1 Å². The van der Waals surface area contributed by atoms with Gasteiger partial charge in [0.25, 0.3) is 0 Å². The predicted octanol–water partition coefficient (Wildman–Crippen LogP) is 3.87. The molecule has 0 N–H and O–H groups in total. The molecule has 4 unspecified atom stereocenters. The first-order valence-corrected chi connectivity index (χ1v) is 7.52. The molecule has 0 spiro atoms. The van der Waals surface area contributed by atoms with E-state index in [1.54, 1.807) is 12.4 Å². The van der Waals surface area contributed by atoms with Crippen molar-refractivity contribution in [1.82, 2.24) is 4.98 Å². The second kappa shape index (κ2) is 4.96. The third kappa shape index (κ3) is 2.02. The Kier molecular flexibility index (Phi) is 2.95. The minimum Gasteiger partial charge on any atom is -0.294 e. The molecule has 2 aliphatic carbocycles. The molecular weight excluding hydrogens is 258 g/mol. The summed E-state index contributed by atoms with van der Waals surface area (Å²) in [6.07, 6.45) is 9.06. The highest BCUT2D eigenvalue weighted by atomic mass is 16.1. The zero-order valence-corrected chi connectivity index (χ0v) is 11.7.